The molecule has 0 aliphatic rings. The maximum absolute atomic E-state index is 12.1. The molecule has 2 N–H and O–H groups in total. The van der Waals surface area contributed by atoms with Crippen molar-refractivity contribution in [2.45, 2.75) is 46.1 Å². The van der Waals surface area contributed by atoms with Crippen LogP contribution in [0.5, 0.6) is 0 Å². The second-order valence-electron chi connectivity index (χ2n) is 5.06. The molecule has 0 rings (SSSR count). The van der Waals surface area contributed by atoms with Gasteiger partial charge in [-0.2, -0.15) is 0 Å². The summed E-state index contributed by atoms with van der Waals surface area (Å²) >= 11 is 0. The highest BCUT2D eigenvalue weighted by Gasteiger charge is 2.43. The van der Waals surface area contributed by atoms with E-state index >= 15 is 0 Å². The molecule has 20 heavy (non-hydrogen) atoms. The van der Waals surface area contributed by atoms with Crippen LogP contribution < -0.4 is 0 Å². The van der Waals surface area contributed by atoms with Crippen LogP contribution >= 0.6 is 0 Å². The molecule has 0 bridgehead atoms. The second-order valence-corrected chi connectivity index (χ2v) is 5.06. The highest BCUT2D eigenvalue weighted by molar-refractivity contribution is 5.99. The Kier molecular flexibility index (Phi) is 6.42. The molecule has 0 saturated heterocycles. The minimum Gasteiger partial charge on any atom is -0.481 e. The summed E-state index contributed by atoms with van der Waals surface area (Å²) in [4.78, 5) is 34.5. The number of carbonyl (C=O) groups excluding carboxylic acids is 1. The van der Waals surface area contributed by atoms with E-state index in [1.54, 1.807) is 20.8 Å². The quantitative estimate of drug-likeness (QED) is 0.402. The van der Waals surface area contributed by atoms with Gasteiger partial charge in [0.15, 0.2) is 5.92 Å². The van der Waals surface area contributed by atoms with Crippen LogP contribution in [0.1, 0.15) is 40.5 Å². The average molecular weight is 286 g/mol. The zero-order chi connectivity index (χ0) is 16.1. The molecule has 0 spiro atoms. The molecular formula is C14H22O6. The maximum atomic E-state index is 12.1. The highest BCUT2D eigenvalue weighted by atomic mass is 16.6. The van der Waals surface area contributed by atoms with E-state index in [-0.39, 0.29) is 5.57 Å². The lowest BCUT2D eigenvalue weighted by atomic mass is 9.86. The third kappa shape index (κ3) is 4.36. The van der Waals surface area contributed by atoms with Crippen molar-refractivity contribution in [3.8, 4) is 0 Å². The first-order valence-electron chi connectivity index (χ1n) is 6.43. The van der Waals surface area contributed by atoms with Gasteiger partial charge in [0.25, 0.3) is 0 Å². The number of carboxylic acid groups (broad SMARTS) is 2. The summed E-state index contributed by atoms with van der Waals surface area (Å²) in [5.41, 5.74) is -0.709. The Morgan fingerprint density at radius 2 is 1.50 bits per heavy atom. The van der Waals surface area contributed by atoms with E-state index in [0.29, 0.717) is 12.8 Å². The van der Waals surface area contributed by atoms with E-state index in [1.807, 2.05) is 0 Å². The van der Waals surface area contributed by atoms with E-state index in [1.165, 1.54) is 6.92 Å². The van der Waals surface area contributed by atoms with Crippen molar-refractivity contribution < 1.29 is 29.3 Å². The SMILES string of the molecule is C=C(C)C(C(=O)O)C(C(=O)O)C(=O)OC(C)(CC)CC. The monoisotopic (exact) mass is 286 g/mol. The van der Waals surface area contributed by atoms with Crippen molar-refractivity contribution in [1.82, 2.24) is 0 Å². The van der Waals surface area contributed by atoms with Gasteiger partial charge in [0.2, 0.25) is 0 Å². The predicted octanol–water partition coefficient (Wildman–Crippen LogP) is 2.09. The van der Waals surface area contributed by atoms with Gasteiger partial charge in [0, 0.05) is 0 Å². The fourth-order valence-electron chi connectivity index (χ4n) is 1.72. The molecule has 0 amide bonds. The number of hydrogen-bond acceptors (Lipinski definition) is 4. The van der Waals surface area contributed by atoms with Crippen molar-refractivity contribution in [1.29, 1.82) is 0 Å². The topological polar surface area (TPSA) is 101 Å². The average Bonchev–Trinajstić information content (AvgIpc) is 2.33. The third-order valence-corrected chi connectivity index (χ3v) is 3.49. The number of ether oxygens (including phenoxy) is 1. The van der Waals surface area contributed by atoms with Crippen molar-refractivity contribution in [3.05, 3.63) is 12.2 Å². The lowest BCUT2D eigenvalue weighted by Gasteiger charge is -2.29. The standard InChI is InChI=1S/C14H22O6/c1-6-14(5,7-2)20-13(19)10(12(17)18)9(8(3)4)11(15)16/h9-10H,3,6-7H2,1-2,4-5H3,(H,15,16)(H,17,18). The summed E-state index contributed by atoms with van der Waals surface area (Å²) in [5, 5.41) is 18.2. The van der Waals surface area contributed by atoms with Crippen LogP contribution in [0.4, 0.5) is 0 Å². The maximum Gasteiger partial charge on any atom is 0.322 e. The molecule has 0 aliphatic carbocycles. The molecule has 6 heteroatoms. The summed E-state index contributed by atoms with van der Waals surface area (Å²) in [7, 11) is 0. The molecule has 0 heterocycles. The Balaban J connectivity index is 5.39. The van der Waals surface area contributed by atoms with Crippen LogP contribution in [0, 0.1) is 11.8 Å². The first-order chi connectivity index (χ1) is 9.09. The van der Waals surface area contributed by atoms with Gasteiger partial charge in [-0.15, -0.1) is 0 Å². The van der Waals surface area contributed by atoms with Crippen molar-refractivity contribution in [3.63, 3.8) is 0 Å². The smallest absolute Gasteiger partial charge is 0.322 e. The number of carboxylic acids is 2. The molecule has 0 aromatic carbocycles. The minimum atomic E-state index is -1.79. The Morgan fingerprint density at radius 3 is 1.75 bits per heavy atom. The van der Waals surface area contributed by atoms with Crippen molar-refractivity contribution in [2.75, 3.05) is 0 Å². The first kappa shape index (κ1) is 18.1. The number of carbonyl (C=O) groups is 3. The fourth-order valence-corrected chi connectivity index (χ4v) is 1.72. The summed E-state index contributed by atoms with van der Waals surface area (Å²) in [6.07, 6.45) is 1.01. The molecule has 0 aromatic heterocycles. The minimum absolute atomic E-state index is 0.0940. The molecule has 0 fully saturated rings. The van der Waals surface area contributed by atoms with Crippen LogP contribution in [0.25, 0.3) is 0 Å². The van der Waals surface area contributed by atoms with Gasteiger partial charge in [-0.25, -0.2) is 0 Å². The van der Waals surface area contributed by atoms with Gasteiger partial charge in [-0.05, 0) is 26.7 Å². The largest absolute Gasteiger partial charge is 0.481 e. The summed E-state index contributed by atoms with van der Waals surface area (Å²) < 4.78 is 5.22. The predicted molar refractivity (Wildman–Crippen MR) is 72.1 cm³/mol. The number of esters is 1. The zero-order valence-corrected chi connectivity index (χ0v) is 12.3. The van der Waals surface area contributed by atoms with Crippen molar-refractivity contribution >= 4 is 17.9 Å². The molecule has 0 aromatic rings. The zero-order valence-electron chi connectivity index (χ0n) is 12.3. The third-order valence-electron chi connectivity index (χ3n) is 3.49. The molecule has 2 atom stereocenters. The van der Waals surface area contributed by atoms with E-state index in [0.717, 1.165) is 0 Å². The van der Waals surface area contributed by atoms with Crippen LogP contribution in [0.15, 0.2) is 12.2 Å². The molecule has 6 nitrogen and oxygen atoms in total. The Bertz CT molecular complexity index is 394. The Morgan fingerprint density at radius 1 is 1.10 bits per heavy atom. The van der Waals surface area contributed by atoms with Crippen LogP contribution in [0.2, 0.25) is 0 Å². The molecule has 0 radical (unpaired) electrons. The summed E-state index contributed by atoms with van der Waals surface area (Å²) in [5.74, 6) is -7.27. The lowest BCUT2D eigenvalue weighted by Crippen LogP contribution is -2.41. The summed E-state index contributed by atoms with van der Waals surface area (Å²) in [6.45, 7) is 10.1. The van der Waals surface area contributed by atoms with Gasteiger partial charge in [0.1, 0.15) is 11.5 Å². The number of aliphatic carboxylic acids is 2. The lowest BCUT2D eigenvalue weighted by molar-refractivity contribution is -0.175. The number of rotatable bonds is 8. The molecule has 0 aliphatic heterocycles. The number of hydrogen-bond donors (Lipinski definition) is 2. The summed E-state index contributed by atoms with van der Waals surface area (Å²) in [6, 6.07) is 0. The fraction of sp³-hybridized carbons (Fsp3) is 0.643. The van der Waals surface area contributed by atoms with E-state index in [4.69, 9.17) is 14.9 Å². The van der Waals surface area contributed by atoms with Crippen LogP contribution in [0.3, 0.4) is 0 Å². The van der Waals surface area contributed by atoms with Gasteiger partial charge < -0.3 is 14.9 Å². The Hall–Kier alpha value is -1.85. The first-order valence-corrected chi connectivity index (χ1v) is 6.43. The van der Waals surface area contributed by atoms with Gasteiger partial charge >= 0.3 is 17.9 Å². The van der Waals surface area contributed by atoms with Gasteiger partial charge in [0.05, 0.1) is 0 Å². The van der Waals surface area contributed by atoms with Gasteiger partial charge in [-0.1, -0.05) is 26.0 Å². The van der Waals surface area contributed by atoms with E-state index < -0.39 is 35.3 Å². The molecular weight excluding hydrogens is 264 g/mol. The molecule has 2 unspecified atom stereocenters. The van der Waals surface area contributed by atoms with Crippen LogP contribution in [-0.2, 0) is 19.1 Å². The normalized spacial score (nSPS) is 14.2. The van der Waals surface area contributed by atoms with Gasteiger partial charge in [-0.3, -0.25) is 14.4 Å². The van der Waals surface area contributed by atoms with E-state index in [2.05, 4.69) is 6.58 Å². The second kappa shape index (κ2) is 7.07. The highest BCUT2D eigenvalue weighted by Crippen LogP contribution is 2.27. The van der Waals surface area contributed by atoms with Crippen molar-refractivity contribution in [2.24, 2.45) is 11.8 Å². The Labute approximate surface area is 118 Å². The van der Waals surface area contributed by atoms with E-state index in [9.17, 15) is 14.4 Å². The molecule has 0 saturated carbocycles. The molecule has 114 valence electrons. The van der Waals surface area contributed by atoms with Crippen LogP contribution in [-0.4, -0.2) is 33.7 Å².